The zero-order valence-corrected chi connectivity index (χ0v) is 5.71. The highest BCUT2D eigenvalue weighted by atomic mass is 15.2. The number of rotatable bonds is 1. The highest BCUT2D eigenvalue weighted by Gasteiger charge is 2.32. The average Bonchev–Trinajstić information content (AvgIpc) is 2.58. The van der Waals surface area contributed by atoms with Gasteiger partial charge in [0.05, 0.1) is 0 Å². The lowest BCUT2D eigenvalue weighted by Crippen LogP contribution is -2.27. The standard InChI is InChI=1S/C7H14N2/c8-6-3-4-9(5-6)7-1-2-7/h6-7H,1-5,8H2/t6-/m1/s1. The van der Waals surface area contributed by atoms with Crippen LogP contribution in [-0.4, -0.2) is 30.1 Å². The van der Waals surface area contributed by atoms with Gasteiger partial charge in [-0.3, -0.25) is 4.90 Å². The van der Waals surface area contributed by atoms with Gasteiger partial charge in [0.15, 0.2) is 0 Å². The van der Waals surface area contributed by atoms with Crippen molar-refractivity contribution in [3.8, 4) is 0 Å². The maximum absolute atomic E-state index is 5.75. The molecule has 2 N–H and O–H groups in total. The SMILES string of the molecule is N[C@@H]1CCN(C2CC2)C1. The molecule has 2 nitrogen and oxygen atoms in total. The number of hydrogen-bond acceptors (Lipinski definition) is 2. The van der Waals surface area contributed by atoms with E-state index >= 15 is 0 Å². The summed E-state index contributed by atoms with van der Waals surface area (Å²) >= 11 is 0. The van der Waals surface area contributed by atoms with E-state index in [0.717, 1.165) is 12.6 Å². The number of nitrogens with two attached hydrogens (primary N) is 1. The van der Waals surface area contributed by atoms with Gasteiger partial charge in [-0.15, -0.1) is 0 Å². The Bertz CT molecular complexity index is 109. The van der Waals surface area contributed by atoms with Crippen molar-refractivity contribution < 1.29 is 0 Å². The van der Waals surface area contributed by atoms with Crippen LogP contribution in [0, 0.1) is 0 Å². The van der Waals surface area contributed by atoms with Crippen LogP contribution in [0.2, 0.25) is 0 Å². The molecule has 0 unspecified atom stereocenters. The van der Waals surface area contributed by atoms with E-state index in [1.54, 1.807) is 0 Å². The quantitative estimate of drug-likeness (QED) is 0.543. The Labute approximate surface area is 56.0 Å². The van der Waals surface area contributed by atoms with Gasteiger partial charge >= 0.3 is 0 Å². The molecule has 2 heteroatoms. The molecule has 52 valence electrons. The van der Waals surface area contributed by atoms with Crippen LogP contribution in [0.25, 0.3) is 0 Å². The minimum Gasteiger partial charge on any atom is -0.326 e. The van der Waals surface area contributed by atoms with Gasteiger partial charge in [0, 0.05) is 25.2 Å². The molecule has 1 saturated heterocycles. The highest BCUT2D eigenvalue weighted by molar-refractivity contribution is 4.90. The summed E-state index contributed by atoms with van der Waals surface area (Å²) < 4.78 is 0. The van der Waals surface area contributed by atoms with Crippen molar-refractivity contribution in [1.29, 1.82) is 0 Å². The molecule has 0 amide bonds. The Kier molecular flexibility index (Phi) is 1.24. The van der Waals surface area contributed by atoms with Gasteiger partial charge < -0.3 is 5.73 Å². The monoisotopic (exact) mass is 126 g/mol. The van der Waals surface area contributed by atoms with Crippen LogP contribution in [-0.2, 0) is 0 Å². The first-order chi connectivity index (χ1) is 4.36. The van der Waals surface area contributed by atoms with Gasteiger partial charge in [-0.05, 0) is 19.3 Å². The van der Waals surface area contributed by atoms with Crippen molar-refractivity contribution in [3.05, 3.63) is 0 Å². The highest BCUT2D eigenvalue weighted by Crippen LogP contribution is 2.29. The zero-order valence-electron chi connectivity index (χ0n) is 5.71. The van der Waals surface area contributed by atoms with E-state index in [-0.39, 0.29) is 0 Å². The smallest absolute Gasteiger partial charge is 0.0180 e. The molecule has 0 aromatic rings. The fourth-order valence-electron chi connectivity index (χ4n) is 1.59. The second-order valence-electron chi connectivity index (χ2n) is 3.27. The zero-order chi connectivity index (χ0) is 6.27. The molecule has 1 saturated carbocycles. The maximum atomic E-state index is 5.75. The molecule has 1 aliphatic carbocycles. The molecule has 2 fully saturated rings. The average molecular weight is 126 g/mol. The molecule has 0 aromatic carbocycles. The third-order valence-corrected chi connectivity index (χ3v) is 2.32. The Hall–Kier alpha value is -0.0800. The number of likely N-dealkylation sites (tertiary alicyclic amines) is 1. The van der Waals surface area contributed by atoms with Crippen molar-refractivity contribution >= 4 is 0 Å². The molecule has 0 bridgehead atoms. The van der Waals surface area contributed by atoms with Gasteiger partial charge in [-0.25, -0.2) is 0 Å². The lowest BCUT2D eigenvalue weighted by molar-refractivity contribution is 0.324. The molecule has 0 radical (unpaired) electrons. The summed E-state index contributed by atoms with van der Waals surface area (Å²) in [7, 11) is 0. The van der Waals surface area contributed by atoms with Crippen LogP contribution in [0.15, 0.2) is 0 Å². The lowest BCUT2D eigenvalue weighted by atomic mass is 10.3. The molecular weight excluding hydrogens is 112 g/mol. The van der Waals surface area contributed by atoms with Crippen molar-refractivity contribution in [1.82, 2.24) is 4.90 Å². The van der Waals surface area contributed by atoms with Crippen molar-refractivity contribution in [2.24, 2.45) is 5.73 Å². The summed E-state index contributed by atoms with van der Waals surface area (Å²) in [5.41, 5.74) is 5.75. The van der Waals surface area contributed by atoms with E-state index in [1.165, 1.54) is 25.8 Å². The third-order valence-electron chi connectivity index (χ3n) is 2.32. The first-order valence-corrected chi connectivity index (χ1v) is 3.86. The predicted octanol–water partition coefficient (Wildman–Crippen LogP) is 0.182. The van der Waals surface area contributed by atoms with E-state index in [0.29, 0.717) is 6.04 Å². The Morgan fingerprint density at radius 1 is 1.22 bits per heavy atom. The molecular formula is C7H14N2. The number of nitrogens with zero attached hydrogens (tertiary/aromatic N) is 1. The van der Waals surface area contributed by atoms with Gasteiger partial charge in [0.2, 0.25) is 0 Å². The third kappa shape index (κ3) is 1.10. The maximum Gasteiger partial charge on any atom is 0.0180 e. The fraction of sp³-hybridized carbons (Fsp3) is 1.00. The van der Waals surface area contributed by atoms with E-state index in [2.05, 4.69) is 4.90 Å². The summed E-state index contributed by atoms with van der Waals surface area (Å²) in [6.45, 7) is 2.41. The lowest BCUT2D eigenvalue weighted by Gasteiger charge is -2.12. The fourth-order valence-corrected chi connectivity index (χ4v) is 1.59. The van der Waals surface area contributed by atoms with Gasteiger partial charge in [-0.1, -0.05) is 0 Å². The van der Waals surface area contributed by atoms with Crippen LogP contribution >= 0.6 is 0 Å². The Morgan fingerprint density at radius 3 is 2.44 bits per heavy atom. The largest absolute Gasteiger partial charge is 0.326 e. The van der Waals surface area contributed by atoms with E-state index in [4.69, 9.17) is 5.73 Å². The van der Waals surface area contributed by atoms with E-state index in [9.17, 15) is 0 Å². The van der Waals surface area contributed by atoms with Crippen LogP contribution < -0.4 is 5.73 Å². The summed E-state index contributed by atoms with van der Waals surface area (Å²) in [5.74, 6) is 0. The summed E-state index contributed by atoms with van der Waals surface area (Å²) in [6.07, 6.45) is 4.07. The molecule has 2 aliphatic rings. The molecule has 0 aromatic heterocycles. The molecule has 0 spiro atoms. The molecule has 9 heavy (non-hydrogen) atoms. The van der Waals surface area contributed by atoms with E-state index in [1.807, 2.05) is 0 Å². The summed E-state index contributed by atoms with van der Waals surface area (Å²) in [4.78, 5) is 2.53. The number of hydrogen-bond donors (Lipinski definition) is 1. The topological polar surface area (TPSA) is 29.3 Å². The Morgan fingerprint density at radius 2 is 2.00 bits per heavy atom. The predicted molar refractivity (Wildman–Crippen MR) is 37.2 cm³/mol. The first kappa shape index (κ1) is 5.69. The minimum atomic E-state index is 0.477. The summed E-state index contributed by atoms with van der Waals surface area (Å²) in [5, 5.41) is 0. The first-order valence-electron chi connectivity index (χ1n) is 3.86. The second kappa shape index (κ2) is 1.96. The van der Waals surface area contributed by atoms with Crippen LogP contribution in [0.3, 0.4) is 0 Å². The molecule has 1 atom stereocenters. The van der Waals surface area contributed by atoms with Crippen molar-refractivity contribution in [3.63, 3.8) is 0 Å². The second-order valence-corrected chi connectivity index (χ2v) is 3.27. The van der Waals surface area contributed by atoms with Crippen LogP contribution in [0.5, 0.6) is 0 Å². The van der Waals surface area contributed by atoms with Crippen LogP contribution in [0.4, 0.5) is 0 Å². The van der Waals surface area contributed by atoms with Gasteiger partial charge in [0.1, 0.15) is 0 Å². The van der Waals surface area contributed by atoms with Gasteiger partial charge in [0.25, 0.3) is 0 Å². The Balaban J connectivity index is 1.86. The van der Waals surface area contributed by atoms with Gasteiger partial charge in [-0.2, -0.15) is 0 Å². The van der Waals surface area contributed by atoms with Crippen LogP contribution in [0.1, 0.15) is 19.3 Å². The normalized spacial score (nSPS) is 37.7. The summed E-state index contributed by atoms with van der Waals surface area (Å²) in [6, 6.07) is 1.41. The molecule has 2 rings (SSSR count). The van der Waals surface area contributed by atoms with Crippen molar-refractivity contribution in [2.45, 2.75) is 31.3 Å². The van der Waals surface area contributed by atoms with E-state index < -0.39 is 0 Å². The molecule has 1 aliphatic heterocycles. The van der Waals surface area contributed by atoms with Crippen molar-refractivity contribution in [2.75, 3.05) is 13.1 Å². The molecule has 1 heterocycles. The minimum absolute atomic E-state index is 0.477.